The summed E-state index contributed by atoms with van der Waals surface area (Å²) in [6.45, 7) is 6.56. The van der Waals surface area contributed by atoms with Crippen molar-refractivity contribution >= 4 is 47.2 Å². The lowest BCUT2D eigenvalue weighted by Crippen LogP contribution is -2.39. The first-order valence-corrected chi connectivity index (χ1v) is 7.81. The van der Waals surface area contributed by atoms with Gasteiger partial charge in [-0.05, 0) is 29.3 Å². The number of carbonyl (C=O) groups is 1. The number of nitrogens with one attached hydrogen (secondary N) is 1. The quantitative estimate of drug-likeness (QED) is 0.442. The summed E-state index contributed by atoms with van der Waals surface area (Å²) in [6, 6.07) is 2.10. The molecule has 21 heavy (non-hydrogen) atoms. The molecule has 118 valence electrons. The number of thiophene rings is 1. The largest absolute Gasteiger partial charge is 0.370 e. The molecule has 1 aromatic rings. The first-order valence-electron chi connectivity index (χ1n) is 6.93. The van der Waals surface area contributed by atoms with Gasteiger partial charge in [-0.25, -0.2) is 4.99 Å². The highest BCUT2D eigenvalue weighted by molar-refractivity contribution is 14.0. The van der Waals surface area contributed by atoms with Gasteiger partial charge in [0.05, 0.1) is 0 Å². The summed E-state index contributed by atoms with van der Waals surface area (Å²) in [5.74, 6) is 0.884. The molecule has 7 heteroatoms. The Hall–Kier alpha value is -0.830. The summed E-state index contributed by atoms with van der Waals surface area (Å²) < 4.78 is 0. The monoisotopic (exact) mass is 422 g/mol. The number of aliphatic imine (C=N–C) groups is 1. The zero-order valence-corrected chi connectivity index (χ0v) is 15.6. The van der Waals surface area contributed by atoms with Crippen LogP contribution in [-0.4, -0.2) is 36.4 Å². The van der Waals surface area contributed by atoms with E-state index >= 15 is 0 Å². The number of rotatable bonds is 4. The van der Waals surface area contributed by atoms with Gasteiger partial charge < -0.3 is 16.0 Å². The van der Waals surface area contributed by atoms with Gasteiger partial charge in [-0.2, -0.15) is 0 Å². The molecule has 0 radical (unpaired) electrons. The average molecular weight is 422 g/mol. The van der Waals surface area contributed by atoms with Crippen LogP contribution in [0.4, 0.5) is 0 Å². The number of halogens is 1. The summed E-state index contributed by atoms with van der Waals surface area (Å²) in [5.41, 5.74) is 7.00. The lowest BCUT2D eigenvalue weighted by Gasteiger charge is -2.26. The Labute approximate surface area is 147 Å². The number of nitrogens with zero attached hydrogens (tertiary/aromatic N) is 2. The number of fused-ring (bicyclic) bond motifs is 1. The maximum Gasteiger partial charge on any atom is 0.244 e. The van der Waals surface area contributed by atoms with Crippen LogP contribution in [0.25, 0.3) is 0 Å². The Morgan fingerprint density at radius 2 is 2.33 bits per heavy atom. The van der Waals surface area contributed by atoms with Gasteiger partial charge in [0.25, 0.3) is 0 Å². The van der Waals surface area contributed by atoms with Gasteiger partial charge >= 0.3 is 0 Å². The third kappa shape index (κ3) is 5.46. The zero-order valence-electron chi connectivity index (χ0n) is 12.5. The molecular formula is C14H23IN4OS. The molecule has 3 N–H and O–H groups in total. The van der Waals surface area contributed by atoms with Gasteiger partial charge in [-0.3, -0.25) is 4.79 Å². The average Bonchev–Trinajstić information content (AvgIpc) is 2.89. The third-order valence-corrected chi connectivity index (χ3v) is 4.26. The van der Waals surface area contributed by atoms with E-state index in [1.807, 2.05) is 4.90 Å². The Morgan fingerprint density at radius 3 is 3.05 bits per heavy atom. The van der Waals surface area contributed by atoms with Gasteiger partial charge in [0.1, 0.15) is 6.54 Å². The molecule has 0 saturated heterocycles. The van der Waals surface area contributed by atoms with Crippen LogP contribution in [0.2, 0.25) is 0 Å². The lowest BCUT2D eigenvalue weighted by molar-refractivity contribution is -0.130. The lowest BCUT2D eigenvalue weighted by atomic mass is 10.1. The molecule has 0 aliphatic carbocycles. The Balaban J connectivity index is 0.00000220. The maximum absolute atomic E-state index is 12.1. The SMILES string of the molecule is CC(C)CNC(N)=NCC(=O)N1CCc2sccc2C1.I. The molecule has 0 bridgehead atoms. The molecule has 1 aliphatic rings. The minimum Gasteiger partial charge on any atom is -0.370 e. The summed E-state index contributed by atoms with van der Waals surface area (Å²) in [6.07, 6.45) is 0.948. The standard InChI is InChI=1S/C14H22N4OS.HI/c1-10(2)7-16-14(15)17-8-13(19)18-5-3-12-11(9-18)4-6-20-12;/h4,6,10H,3,5,7-9H2,1-2H3,(H3,15,16,17);1H. The maximum atomic E-state index is 12.1. The molecular weight excluding hydrogens is 399 g/mol. The van der Waals surface area contributed by atoms with Crippen molar-refractivity contribution in [1.82, 2.24) is 10.2 Å². The predicted octanol–water partition coefficient (Wildman–Crippen LogP) is 1.81. The Kier molecular flexibility index (Phi) is 7.44. The van der Waals surface area contributed by atoms with Crippen LogP contribution in [0.1, 0.15) is 24.3 Å². The summed E-state index contributed by atoms with van der Waals surface area (Å²) in [4.78, 5) is 19.5. The van der Waals surface area contributed by atoms with Gasteiger partial charge in [0, 0.05) is 24.5 Å². The number of amides is 1. The molecule has 1 aromatic heterocycles. The van der Waals surface area contributed by atoms with Gasteiger partial charge in [-0.15, -0.1) is 35.3 Å². The van der Waals surface area contributed by atoms with Crippen LogP contribution in [-0.2, 0) is 17.8 Å². The van der Waals surface area contributed by atoms with E-state index in [0.29, 0.717) is 18.4 Å². The van der Waals surface area contributed by atoms with Crippen LogP contribution in [0, 0.1) is 5.92 Å². The predicted molar refractivity (Wildman–Crippen MR) is 98.2 cm³/mol. The first kappa shape index (κ1) is 18.2. The molecule has 0 unspecified atom stereocenters. The van der Waals surface area contributed by atoms with E-state index in [1.54, 1.807) is 11.3 Å². The number of hydrogen-bond donors (Lipinski definition) is 2. The molecule has 0 atom stereocenters. The van der Waals surface area contributed by atoms with Gasteiger partial charge in [-0.1, -0.05) is 13.8 Å². The van der Waals surface area contributed by atoms with Crippen molar-refractivity contribution in [2.45, 2.75) is 26.8 Å². The molecule has 0 aromatic carbocycles. The number of guanidine groups is 1. The van der Waals surface area contributed by atoms with Crippen LogP contribution >= 0.6 is 35.3 Å². The highest BCUT2D eigenvalue weighted by Crippen LogP contribution is 2.23. The molecule has 2 rings (SSSR count). The van der Waals surface area contributed by atoms with E-state index < -0.39 is 0 Å². The van der Waals surface area contributed by atoms with E-state index in [-0.39, 0.29) is 36.4 Å². The minimum absolute atomic E-state index is 0. The van der Waals surface area contributed by atoms with Crippen LogP contribution in [0.5, 0.6) is 0 Å². The fourth-order valence-electron chi connectivity index (χ4n) is 2.08. The number of carbonyl (C=O) groups excluding carboxylic acids is 1. The van der Waals surface area contributed by atoms with Crippen molar-refractivity contribution < 1.29 is 4.79 Å². The van der Waals surface area contributed by atoms with Crippen molar-refractivity contribution in [3.63, 3.8) is 0 Å². The fraction of sp³-hybridized carbons (Fsp3) is 0.571. The smallest absolute Gasteiger partial charge is 0.244 e. The Morgan fingerprint density at radius 1 is 1.57 bits per heavy atom. The molecule has 1 amide bonds. The molecule has 1 aliphatic heterocycles. The molecule has 0 spiro atoms. The van der Waals surface area contributed by atoms with E-state index in [0.717, 1.165) is 19.5 Å². The third-order valence-electron chi connectivity index (χ3n) is 3.24. The normalized spacial score (nSPS) is 14.6. The summed E-state index contributed by atoms with van der Waals surface area (Å²) in [7, 11) is 0. The van der Waals surface area contributed by atoms with Crippen LogP contribution in [0.15, 0.2) is 16.4 Å². The Bertz CT molecular complexity index is 501. The second-order valence-electron chi connectivity index (χ2n) is 5.41. The van der Waals surface area contributed by atoms with E-state index in [9.17, 15) is 4.79 Å². The van der Waals surface area contributed by atoms with Crippen LogP contribution in [0.3, 0.4) is 0 Å². The summed E-state index contributed by atoms with van der Waals surface area (Å²) in [5, 5.41) is 5.10. The molecule has 0 saturated carbocycles. The molecule has 0 fully saturated rings. The van der Waals surface area contributed by atoms with Gasteiger partial charge in [0.15, 0.2) is 5.96 Å². The van der Waals surface area contributed by atoms with Gasteiger partial charge in [0.2, 0.25) is 5.91 Å². The minimum atomic E-state index is 0. The second kappa shape index (κ2) is 8.57. The fourth-order valence-corrected chi connectivity index (χ4v) is 2.97. The van der Waals surface area contributed by atoms with Crippen molar-refractivity contribution in [3.8, 4) is 0 Å². The number of nitrogens with two attached hydrogens (primary N) is 1. The van der Waals surface area contributed by atoms with Crippen molar-refractivity contribution in [2.75, 3.05) is 19.6 Å². The van der Waals surface area contributed by atoms with E-state index in [4.69, 9.17) is 5.73 Å². The first-order chi connectivity index (χ1) is 9.56. The number of hydrogen-bond acceptors (Lipinski definition) is 3. The van der Waals surface area contributed by atoms with E-state index in [2.05, 4.69) is 35.6 Å². The van der Waals surface area contributed by atoms with Crippen LogP contribution < -0.4 is 11.1 Å². The van der Waals surface area contributed by atoms with Crippen molar-refractivity contribution in [2.24, 2.45) is 16.6 Å². The van der Waals surface area contributed by atoms with Crippen molar-refractivity contribution in [3.05, 3.63) is 21.9 Å². The highest BCUT2D eigenvalue weighted by atomic mass is 127. The summed E-state index contributed by atoms with van der Waals surface area (Å²) >= 11 is 1.77. The zero-order chi connectivity index (χ0) is 14.5. The topological polar surface area (TPSA) is 70.7 Å². The van der Waals surface area contributed by atoms with Crippen molar-refractivity contribution in [1.29, 1.82) is 0 Å². The molecule has 2 heterocycles. The highest BCUT2D eigenvalue weighted by Gasteiger charge is 2.20. The molecule has 5 nitrogen and oxygen atoms in total. The second-order valence-corrected chi connectivity index (χ2v) is 6.41. The van der Waals surface area contributed by atoms with E-state index in [1.165, 1.54) is 10.4 Å².